The Morgan fingerprint density at radius 1 is 1.33 bits per heavy atom. The van der Waals surface area contributed by atoms with E-state index >= 15 is 0 Å². The lowest BCUT2D eigenvalue weighted by Gasteiger charge is -2.06. The first-order valence-electron chi connectivity index (χ1n) is 5.26. The number of halogens is 1. The lowest BCUT2D eigenvalue weighted by Crippen LogP contribution is -1.98. The third-order valence-electron chi connectivity index (χ3n) is 2.63. The van der Waals surface area contributed by atoms with Gasteiger partial charge >= 0.3 is 0 Å². The van der Waals surface area contributed by atoms with E-state index in [9.17, 15) is 0 Å². The van der Waals surface area contributed by atoms with Gasteiger partial charge in [-0.15, -0.1) is 5.10 Å². The second-order valence-electron chi connectivity index (χ2n) is 3.82. The van der Waals surface area contributed by atoms with Crippen LogP contribution in [0.3, 0.4) is 0 Å². The Labute approximate surface area is 111 Å². The van der Waals surface area contributed by atoms with E-state index in [2.05, 4.69) is 31.1 Å². The molecular weight excluding hydrogens is 298 g/mol. The normalized spacial score (nSPS) is 11.1. The molecule has 0 spiro atoms. The van der Waals surface area contributed by atoms with Crippen LogP contribution in [0.15, 0.2) is 29.3 Å². The summed E-state index contributed by atoms with van der Waals surface area (Å²) in [6.45, 7) is 0. The number of nitrogens with zero attached hydrogens (tertiary/aromatic N) is 5. The third-order valence-corrected chi connectivity index (χ3v) is 3.17. The molecule has 3 aromatic rings. The van der Waals surface area contributed by atoms with Crippen molar-refractivity contribution in [1.82, 2.24) is 24.4 Å². The third kappa shape index (κ3) is 1.67. The summed E-state index contributed by atoms with van der Waals surface area (Å²) in [4.78, 5) is 4.26. The molecule has 0 aliphatic rings. The van der Waals surface area contributed by atoms with Crippen molar-refractivity contribution in [1.29, 1.82) is 0 Å². The highest BCUT2D eigenvalue weighted by Gasteiger charge is 2.13. The van der Waals surface area contributed by atoms with E-state index in [1.165, 1.54) is 0 Å². The number of ether oxygens (including phenoxy) is 1. The van der Waals surface area contributed by atoms with E-state index in [0.717, 1.165) is 21.4 Å². The van der Waals surface area contributed by atoms with E-state index in [1.807, 2.05) is 19.3 Å². The van der Waals surface area contributed by atoms with Gasteiger partial charge in [-0.05, 0) is 22.0 Å². The van der Waals surface area contributed by atoms with Crippen LogP contribution in [-0.2, 0) is 7.05 Å². The number of imidazole rings is 1. The standard InChI is InChI=1S/C11H10BrN5O/c1-16-6-7(4-14-16)8-3-10-13-5-9(12)17(10)15-11(8)18-2/h3-6H,1-2H3. The lowest BCUT2D eigenvalue weighted by molar-refractivity contribution is 0.391. The fraction of sp³-hybridized carbons (Fsp3) is 0.182. The maximum absolute atomic E-state index is 5.32. The topological polar surface area (TPSA) is 57.2 Å². The quantitative estimate of drug-likeness (QED) is 0.725. The summed E-state index contributed by atoms with van der Waals surface area (Å²) < 4.78 is 9.53. The smallest absolute Gasteiger partial charge is 0.239 e. The fourth-order valence-corrected chi connectivity index (χ4v) is 2.15. The van der Waals surface area contributed by atoms with Gasteiger partial charge in [0.25, 0.3) is 0 Å². The summed E-state index contributed by atoms with van der Waals surface area (Å²) in [6.07, 6.45) is 5.39. The van der Waals surface area contributed by atoms with Gasteiger partial charge in [0.05, 0.1) is 25.1 Å². The Morgan fingerprint density at radius 2 is 2.17 bits per heavy atom. The zero-order valence-corrected chi connectivity index (χ0v) is 11.4. The number of methoxy groups -OCH3 is 1. The van der Waals surface area contributed by atoms with Crippen LogP contribution in [-0.4, -0.2) is 31.5 Å². The van der Waals surface area contributed by atoms with Gasteiger partial charge in [-0.25, -0.2) is 9.50 Å². The second-order valence-corrected chi connectivity index (χ2v) is 4.63. The number of rotatable bonds is 2. The molecule has 0 unspecified atom stereocenters. The summed E-state index contributed by atoms with van der Waals surface area (Å²) >= 11 is 3.38. The molecule has 3 heterocycles. The molecule has 0 N–H and O–H groups in total. The van der Waals surface area contributed by atoms with Crippen molar-refractivity contribution < 1.29 is 4.74 Å². The highest BCUT2D eigenvalue weighted by molar-refractivity contribution is 9.10. The average Bonchev–Trinajstić information content (AvgIpc) is 2.95. The molecule has 0 fully saturated rings. The molecule has 3 aromatic heterocycles. The van der Waals surface area contributed by atoms with Crippen LogP contribution in [0.25, 0.3) is 16.8 Å². The first kappa shape index (κ1) is 11.2. The number of aromatic nitrogens is 5. The number of hydrogen-bond donors (Lipinski definition) is 0. The molecule has 3 rings (SSSR count). The van der Waals surface area contributed by atoms with E-state index < -0.39 is 0 Å². The van der Waals surface area contributed by atoms with Gasteiger partial charge in [0, 0.05) is 18.8 Å². The molecule has 0 atom stereocenters. The van der Waals surface area contributed by atoms with Crippen molar-refractivity contribution in [2.45, 2.75) is 0 Å². The molecule has 0 aromatic carbocycles. The van der Waals surface area contributed by atoms with Crippen molar-refractivity contribution in [2.24, 2.45) is 7.05 Å². The predicted molar refractivity (Wildman–Crippen MR) is 69.4 cm³/mol. The van der Waals surface area contributed by atoms with E-state index in [1.54, 1.807) is 28.7 Å². The summed E-state index contributed by atoms with van der Waals surface area (Å²) in [5.74, 6) is 0.536. The minimum Gasteiger partial charge on any atom is -0.480 e. The van der Waals surface area contributed by atoms with E-state index in [4.69, 9.17) is 4.74 Å². The second kappa shape index (κ2) is 4.09. The van der Waals surface area contributed by atoms with Gasteiger partial charge in [0.2, 0.25) is 5.88 Å². The van der Waals surface area contributed by atoms with Gasteiger partial charge in [-0.1, -0.05) is 0 Å². The molecule has 6 nitrogen and oxygen atoms in total. The molecule has 0 aliphatic heterocycles. The molecule has 0 saturated carbocycles. The van der Waals surface area contributed by atoms with Crippen molar-refractivity contribution in [2.75, 3.05) is 7.11 Å². The van der Waals surface area contributed by atoms with Crippen LogP contribution in [0.2, 0.25) is 0 Å². The monoisotopic (exact) mass is 307 g/mol. The van der Waals surface area contributed by atoms with Crippen molar-refractivity contribution in [3.63, 3.8) is 0 Å². The molecule has 0 radical (unpaired) electrons. The maximum Gasteiger partial charge on any atom is 0.239 e. The van der Waals surface area contributed by atoms with Crippen LogP contribution in [0.5, 0.6) is 5.88 Å². The summed E-state index contributed by atoms with van der Waals surface area (Å²) in [5.41, 5.74) is 2.57. The van der Waals surface area contributed by atoms with Gasteiger partial charge in [-0.3, -0.25) is 4.68 Å². The largest absolute Gasteiger partial charge is 0.480 e. The van der Waals surface area contributed by atoms with E-state index in [0.29, 0.717) is 5.88 Å². The Morgan fingerprint density at radius 3 is 2.83 bits per heavy atom. The van der Waals surface area contributed by atoms with Crippen LogP contribution in [0, 0.1) is 0 Å². The molecular formula is C11H10BrN5O. The minimum absolute atomic E-state index is 0.536. The summed E-state index contributed by atoms with van der Waals surface area (Å²) in [6, 6.07) is 1.92. The van der Waals surface area contributed by atoms with Gasteiger partial charge in [-0.2, -0.15) is 5.10 Å². The highest BCUT2D eigenvalue weighted by atomic mass is 79.9. The molecule has 0 saturated heterocycles. The summed E-state index contributed by atoms with van der Waals surface area (Å²) in [7, 11) is 3.47. The van der Waals surface area contributed by atoms with Crippen molar-refractivity contribution in [3.05, 3.63) is 29.3 Å². The van der Waals surface area contributed by atoms with Gasteiger partial charge in [0.1, 0.15) is 4.60 Å². The average molecular weight is 308 g/mol. The zero-order chi connectivity index (χ0) is 12.7. The van der Waals surface area contributed by atoms with Gasteiger partial charge in [0.15, 0.2) is 5.65 Å². The van der Waals surface area contributed by atoms with Crippen molar-refractivity contribution >= 4 is 21.6 Å². The first-order chi connectivity index (χ1) is 8.69. The molecule has 18 heavy (non-hydrogen) atoms. The molecule has 0 amide bonds. The number of fused-ring (bicyclic) bond motifs is 1. The molecule has 7 heteroatoms. The Kier molecular flexibility index (Phi) is 2.55. The Hall–Kier alpha value is -1.89. The minimum atomic E-state index is 0.536. The highest BCUT2D eigenvalue weighted by Crippen LogP contribution is 2.29. The first-order valence-corrected chi connectivity index (χ1v) is 6.05. The fourth-order valence-electron chi connectivity index (χ4n) is 1.79. The van der Waals surface area contributed by atoms with E-state index in [-0.39, 0.29) is 0 Å². The van der Waals surface area contributed by atoms with Crippen LogP contribution in [0.1, 0.15) is 0 Å². The van der Waals surface area contributed by atoms with Crippen LogP contribution < -0.4 is 4.74 Å². The molecule has 92 valence electrons. The SMILES string of the molecule is COc1nn2c(Br)cnc2cc1-c1cnn(C)c1. The van der Waals surface area contributed by atoms with Crippen molar-refractivity contribution in [3.8, 4) is 17.0 Å². The van der Waals surface area contributed by atoms with Gasteiger partial charge < -0.3 is 4.74 Å². The van der Waals surface area contributed by atoms with Crippen LogP contribution >= 0.6 is 15.9 Å². The maximum atomic E-state index is 5.32. The number of aryl methyl sites for hydroxylation is 1. The zero-order valence-electron chi connectivity index (χ0n) is 9.83. The molecule has 0 bridgehead atoms. The Balaban J connectivity index is 2.27. The summed E-state index contributed by atoms with van der Waals surface area (Å²) in [5, 5.41) is 8.54. The molecule has 0 aliphatic carbocycles. The van der Waals surface area contributed by atoms with Crippen LogP contribution in [0.4, 0.5) is 0 Å². The predicted octanol–water partition coefficient (Wildman–Crippen LogP) is 1.90. The number of hydrogen-bond acceptors (Lipinski definition) is 4. The lowest BCUT2D eigenvalue weighted by atomic mass is 10.2. The Bertz CT molecular complexity index is 717.